The smallest absolute Gasteiger partial charge is 0.204 e. The van der Waals surface area contributed by atoms with Crippen molar-refractivity contribution in [1.82, 2.24) is 0 Å². The Morgan fingerprint density at radius 3 is 1.36 bits per heavy atom. The summed E-state index contributed by atoms with van der Waals surface area (Å²) in [4.78, 5) is 0. The number of hydrogen-bond acceptors (Lipinski definition) is 0. The van der Waals surface area contributed by atoms with E-state index in [1.54, 1.807) is 0 Å². The van der Waals surface area contributed by atoms with Crippen molar-refractivity contribution >= 4 is 33.9 Å². The zero-order valence-electron chi connectivity index (χ0n) is 21.0. The minimum atomic E-state index is -3.29. The van der Waals surface area contributed by atoms with Crippen LogP contribution in [0.2, 0.25) is 0 Å². The summed E-state index contributed by atoms with van der Waals surface area (Å²) in [6, 6.07) is 1.57. The molecule has 0 aliphatic heterocycles. The van der Waals surface area contributed by atoms with Crippen molar-refractivity contribution in [3.05, 3.63) is 123 Å². The summed E-state index contributed by atoms with van der Waals surface area (Å²) in [5, 5.41) is -3.21. The molecule has 0 heterocycles. The molecule has 0 aromatic heterocycles. The third-order valence-corrected chi connectivity index (χ3v) is 6.86. The molecule has 5 aromatic carbocycles. The molecular weight excluding hydrogens is 651 g/mol. The van der Waals surface area contributed by atoms with E-state index in [4.69, 9.17) is 0 Å². The number of rotatable bonds is 4. The molecule has 0 nitrogen and oxygen atoms in total. The van der Waals surface area contributed by atoms with Gasteiger partial charge in [0, 0.05) is 5.56 Å². The predicted molar refractivity (Wildman–Crippen MR) is 126 cm³/mol. The van der Waals surface area contributed by atoms with Crippen LogP contribution in [0.3, 0.4) is 0 Å². The lowest BCUT2D eigenvalue weighted by Gasteiger charge is -2.24. The van der Waals surface area contributed by atoms with Crippen LogP contribution in [0.15, 0.2) is 30.3 Å². The van der Waals surface area contributed by atoms with Gasteiger partial charge in [0.2, 0.25) is 5.82 Å². The first-order valence-electron chi connectivity index (χ1n) is 11.8. The number of benzene rings is 5. The highest BCUT2D eigenvalue weighted by atomic mass is 19.2. The topological polar surface area (TPSA) is 0 Å². The molecule has 0 bridgehead atoms. The van der Waals surface area contributed by atoms with E-state index >= 15 is 17.6 Å². The first kappa shape index (κ1) is 31.7. The fraction of sp³-hybridized carbons (Fsp3) is 0. The van der Waals surface area contributed by atoms with Crippen molar-refractivity contribution in [3.8, 4) is 11.1 Å². The van der Waals surface area contributed by atoms with Crippen LogP contribution in [0, 0.1) is 93.1 Å². The molecule has 17 heteroatoms. The minimum Gasteiger partial charge on any atom is -0.204 e. The molecule has 5 rings (SSSR count). The van der Waals surface area contributed by atoms with Crippen molar-refractivity contribution in [2.45, 2.75) is 0 Å². The van der Waals surface area contributed by atoms with Crippen LogP contribution < -0.4 is 16.4 Å². The Balaban J connectivity index is 2.13. The van der Waals surface area contributed by atoms with Gasteiger partial charge in [0.05, 0.1) is 10.9 Å². The lowest BCUT2D eigenvalue weighted by Crippen LogP contribution is -2.57. The van der Waals surface area contributed by atoms with E-state index in [0.717, 1.165) is 0 Å². The van der Waals surface area contributed by atoms with Crippen molar-refractivity contribution in [3.63, 3.8) is 0 Å². The molecule has 0 fully saturated rings. The standard InChI is InChI=1S/C28H5BF16/c30-8-3-1-2-7(15(8)32)29(13-6-4-5-9(31)16(33)10(6)17(34)23(40)21(13)38)14-11(18(35)24(41)27(44)22(14)39)12-19(36)25(42)28(45)26(43)20(12)37/h1-5H. The normalized spacial score (nSPS) is 11.6. The molecule has 45 heavy (non-hydrogen) atoms. The van der Waals surface area contributed by atoms with Crippen molar-refractivity contribution in [2.24, 2.45) is 0 Å². The molecule has 0 aliphatic carbocycles. The van der Waals surface area contributed by atoms with Gasteiger partial charge in [0.1, 0.15) is 0 Å². The lowest BCUT2D eigenvalue weighted by molar-refractivity contribution is 0.379. The fourth-order valence-electron chi connectivity index (χ4n) is 4.90. The Bertz CT molecular complexity index is 2060. The second kappa shape index (κ2) is 11.0. The van der Waals surface area contributed by atoms with E-state index in [9.17, 15) is 52.7 Å². The maximum atomic E-state index is 15.7. The quantitative estimate of drug-likeness (QED) is 0.0829. The largest absolute Gasteiger partial charge is 0.254 e. The molecule has 232 valence electrons. The van der Waals surface area contributed by atoms with Gasteiger partial charge in [0.25, 0.3) is 6.71 Å². The van der Waals surface area contributed by atoms with Gasteiger partial charge >= 0.3 is 0 Å². The third-order valence-electron chi connectivity index (χ3n) is 6.86. The molecule has 0 saturated heterocycles. The monoisotopic (exact) mass is 656 g/mol. The van der Waals surface area contributed by atoms with E-state index in [1.807, 2.05) is 0 Å². The summed E-state index contributed by atoms with van der Waals surface area (Å²) in [6.45, 7) is -3.29. The molecule has 0 N–H and O–H groups in total. The highest BCUT2D eigenvalue weighted by molar-refractivity contribution is 6.97. The van der Waals surface area contributed by atoms with Crippen LogP contribution in [0.25, 0.3) is 21.9 Å². The predicted octanol–water partition coefficient (Wildman–Crippen LogP) is 7.25. The maximum absolute atomic E-state index is 15.7. The molecule has 0 atom stereocenters. The summed E-state index contributed by atoms with van der Waals surface area (Å²) in [7, 11) is 0. The Labute approximate surface area is 239 Å². The molecule has 0 aliphatic rings. The Kier molecular flexibility index (Phi) is 7.78. The number of halogens is 16. The minimum absolute atomic E-state index is 0.115. The maximum Gasteiger partial charge on any atom is 0.254 e. The van der Waals surface area contributed by atoms with Crippen LogP contribution in [0.1, 0.15) is 0 Å². The second-order valence-electron chi connectivity index (χ2n) is 9.21. The molecule has 0 radical (unpaired) electrons. The summed E-state index contributed by atoms with van der Waals surface area (Å²) < 4.78 is 236. The first-order chi connectivity index (χ1) is 21.0. The third kappa shape index (κ3) is 4.50. The molecule has 0 spiro atoms. The van der Waals surface area contributed by atoms with E-state index in [-0.39, 0.29) is 12.1 Å². The van der Waals surface area contributed by atoms with Gasteiger partial charge in [-0.25, -0.2) is 70.2 Å². The van der Waals surface area contributed by atoms with E-state index in [0.29, 0.717) is 18.2 Å². The van der Waals surface area contributed by atoms with Crippen molar-refractivity contribution in [2.75, 3.05) is 0 Å². The van der Waals surface area contributed by atoms with Gasteiger partial charge in [0.15, 0.2) is 87.3 Å². The van der Waals surface area contributed by atoms with Gasteiger partial charge in [-0.05, 0) is 33.9 Å². The van der Waals surface area contributed by atoms with Crippen molar-refractivity contribution < 1.29 is 70.2 Å². The summed E-state index contributed by atoms with van der Waals surface area (Å²) in [6.07, 6.45) is 0. The zero-order chi connectivity index (χ0) is 33.4. The van der Waals surface area contributed by atoms with E-state index < -0.39 is 138 Å². The lowest BCUT2D eigenvalue weighted by atomic mass is 9.35. The average molecular weight is 656 g/mol. The second-order valence-corrected chi connectivity index (χ2v) is 9.21. The zero-order valence-corrected chi connectivity index (χ0v) is 21.0. The van der Waals surface area contributed by atoms with Crippen molar-refractivity contribution in [1.29, 1.82) is 0 Å². The fourth-order valence-corrected chi connectivity index (χ4v) is 4.90. The summed E-state index contributed by atoms with van der Waals surface area (Å²) >= 11 is 0. The Morgan fingerprint density at radius 1 is 0.333 bits per heavy atom. The SMILES string of the molecule is Fc1cccc(B(c2c(F)c(F)c(F)c(F)c2-c2c(F)c(F)c(F)c(F)c2F)c2c(F)c(F)c(F)c3c(F)c(F)ccc23)c1F. The van der Waals surface area contributed by atoms with E-state index in [1.165, 1.54) is 0 Å². The Hall–Kier alpha value is -4.70. The summed E-state index contributed by atoms with van der Waals surface area (Å²) in [5.74, 6) is -42.6. The van der Waals surface area contributed by atoms with Gasteiger partial charge in [-0.3, -0.25) is 0 Å². The van der Waals surface area contributed by atoms with Gasteiger partial charge in [-0.2, -0.15) is 0 Å². The molecule has 0 saturated carbocycles. The average Bonchev–Trinajstić information content (AvgIpc) is 3.01. The van der Waals surface area contributed by atoms with Gasteiger partial charge < -0.3 is 0 Å². The molecule has 0 amide bonds. The number of hydrogen-bond donors (Lipinski definition) is 0. The molecular formula is C28H5BF16. The highest BCUT2D eigenvalue weighted by Gasteiger charge is 2.43. The molecule has 0 unspecified atom stereocenters. The molecule has 5 aromatic rings. The highest BCUT2D eigenvalue weighted by Crippen LogP contribution is 2.35. The van der Waals surface area contributed by atoms with Crippen LogP contribution >= 0.6 is 0 Å². The van der Waals surface area contributed by atoms with Crippen LogP contribution in [0.5, 0.6) is 0 Å². The number of fused-ring (bicyclic) bond motifs is 1. The Morgan fingerprint density at radius 2 is 0.778 bits per heavy atom. The van der Waals surface area contributed by atoms with Crippen LogP contribution in [-0.4, -0.2) is 6.71 Å². The van der Waals surface area contributed by atoms with Crippen LogP contribution in [-0.2, 0) is 0 Å². The van der Waals surface area contributed by atoms with Gasteiger partial charge in [-0.1, -0.05) is 18.2 Å². The van der Waals surface area contributed by atoms with E-state index in [2.05, 4.69) is 0 Å². The van der Waals surface area contributed by atoms with Crippen LogP contribution in [0.4, 0.5) is 70.2 Å². The first-order valence-corrected chi connectivity index (χ1v) is 11.8. The van der Waals surface area contributed by atoms with Gasteiger partial charge in [-0.15, -0.1) is 0 Å². The summed E-state index contributed by atoms with van der Waals surface area (Å²) in [5.41, 5.74) is -10.7.